The number of ether oxygens (including phenoxy) is 2. The number of imidazole rings is 1. The van der Waals surface area contributed by atoms with Gasteiger partial charge in [-0.3, -0.25) is 9.36 Å². The second-order valence-electron chi connectivity index (χ2n) is 8.23. The van der Waals surface area contributed by atoms with Crippen LogP contribution in [0.25, 0.3) is 5.95 Å². The predicted molar refractivity (Wildman–Crippen MR) is 128 cm³/mol. The van der Waals surface area contributed by atoms with Gasteiger partial charge in [-0.2, -0.15) is 4.98 Å². The molecule has 2 aromatic heterocycles. The fraction of sp³-hybridized carbons (Fsp3) is 0.375. The molecular weight excluding hydrogens is 450 g/mol. The highest BCUT2D eigenvalue weighted by Gasteiger charge is 2.32. The maximum absolute atomic E-state index is 12.9. The standard InChI is InChI=1S/C24H29N7O4/c1-17-12-21(28-23(27-17)30-9-8-25-16-30)31-11-10-29(24(33)35-3)15-19(31)13-22(32)26-14-18-4-6-20(34-2)7-5-18/h4-9,12,16,19H,10-11,13-15H2,1-3H3,(H,26,32). The van der Waals surface area contributed by atoms with Gasteiger partial charge in [0, 0.05) is 56.8 Å². The molecule has 1 unspecified atom stereocenters. The highest BCUT2D eigenvalue weighted by Crippen LogP contribution is 2.23. The van der Waals surface area contributed by atoms with Crippen molar-refractivity contribution >= 4 is 17.8 Å². The van der Waals surface area contributed by atoms with Crippen molar-refractivity contribution < 1.29 is 19.1 Å². The van der Waals surface area contributed by atoms with Gasteiger partial charge in [0.05, 0.1) is 20.3 Å². The number of anilines is 1. The van der Waals surface area contributed by atoms with Gasteiger partial charge in [0.1, 0.15) is 17.9 Å². The summed E-state index contributed by atoms with van der Waals surface area (Å²) >= 11 is 0. The van der Waals surface area contributed by atoms with Gasteiger partial charge in [-0.15, -0.1) is 0 Å². The van der Waals surface area contributed by atoms with E-state index < -0.39 is 6.09 Å². The highest BCUT2D eigenvalue weighted by atomic mass is 16.5. The van der Waals surface area contributed by atoms with Crippen LogP contribution in [0, 0.1) is 6.92 Å². The number of benzene rings is 1. The van der Waals surface area contributed by atoms with Gasteiger partial charge in [0.25, 0.3) is 0 Å². The molecule has 184 valence electrons. The smallest absolute Gasteiger partial charge is 0.409 e. The zero-order chi connectivity index (χ0) is 24.8. The summed E-state index contributed by atoms with van der Waals surface area (Å²) in [6.07, 6.45) is 4.85. The quantitative estimate of drug-likeness (QED) is 0.547. The molecule has 11 heteroatoms. The predicted octanol–water partition coefficient (Wildman–Crippen LogP) is 1.94. The van der Waals surface area contributed by atoms with Gasteiger partial charge in [-0.25, -0.2) is 14.8 Å². The maximum atomic E-state index is 12.9. The molecule has 11 nitrogen and oxygen atoms in total. The van der Waals surface area contributed by atoms with Crippen LogP contribution in [-0.2, 0) is 16.1 Å². The van der Waals surface area contributed by atoms with Crippen LogP contribution in [0.15, 0.2) is 49.1 Å². The Labute approximate surface area is 203 Å². The molecule has 35 heavy (non-hydrogen) atoms. The topological polar surface area (TPSA) is 115 Å². The van der Waals surface area contributed by atoms with Gasteiger partial charge in [-0.05, 0) is 24.6 Å². The average molecular weight is 480 g/mol. The van der Waals surface area contributed by atoms with Crippen LogP contribution in [-0.4, -0.2) is 76.3 Å². The van der Waals surface area contributed by atoms with Crippen molar-refractivity contribution in [2.45, 2.75) is 25.9 Å². The van der Waals surface area contributed by atoms with Crippen molar-refractivity contribution in [2.24, 2.45) is 0 Å². The largest absolute Gasteiger partial charge is 0.497 e. The summed E-state index contributed by atoms with van der Waals surface area (Å²) in [6.45, 7) is 3.60. The van der Waals surface area contributed by atoms with E-state index in [1.165, 1.54) is 7.11 Å². The molecule has 4 rings (SSSR count). The first-order valence-electron chi connectivity index (χ1n) is 11.3. The lowest BCUT2D eigenvalue weighted by Crippen LogP contribution is -2.56. The van der Waals surface area contributed by atoms with Crippen molar-refractivity contribution in [2.75, 3.05) is 38.8 Å². The van der Waals surface area contributed by atoms with Crippen LogP contribution in [0.1, 0.15) is 17.7 Å². The maximum Gasteiger partial charge on any atom is 0.409 e. The van der Waals surface area contributed by atoms with Crippen LogP contribution >= 0.6 is 0 Å². The number of nitrogens with zero attached hydrogens (tertiary/aromatic N) is 6. The van der Waals surface area contributed by atoms with Crippen molar-refractivity contribution in [3.63, 3.8) is 0 Å². The molecule has 1 aliphatic heterocycles. The number of rotatable bonds is 7. The van der Waals surface area contributed by atoms with Gasteiger partial charge >= 0.3 is 6.09 Å². The molecule has 3 heterocycles. The Hall–Kier alpha value is -4.15. The van der Waals surface area contributed by atoms with E-state index in [1.807, 2.05) is 37.3 Å². The fourth-order valence-electron chi connectivity index (χ4n) is 4.03. The molecule has 2 amide bonds. The van der Waals surface area contributed by atoms with E-state index in [-0.39, 0.29) is 18.4 Å². The minimum Gasteiger partial charge on any atom is -0.497 e. The molecule has 0 radical (unpaired) electrons. The van der Waals surface area contributed by atoms with Crippen LogP contribution in [0.4, 0.5) is 10.6 Å². The van der Waals surface area contributed by atoms with Crippen LogP contribution in [0.5, 0.6) is 5.75 Å². The number of hydrogen-bond acceptors (Lipinski definition) is 8. The molecule has 0 saturated carbocycles. The van der Waals surface area contributed by atoms with Gasteiger partial charge < -0.3 is 24.6 Å². The van der Waals surface area contributed by atoms with E-state index in [1.54, 1.807) is 35.3 Å². The summed E-state index contributed by atoms with van der Waals surface area (Å²) in [6, 6.07) is 9.13. The van der Waals surface area contributed by atoms with E-state index in [4.69, 9.17) is 14.5 Å². The second kappa shape index (κ2) is 10.9. The van der Waals surface area contributed by atoms with Crippen molar-refractivity contribution in [1.29, 1.82) is 0 Å². The number of carbonyl (C=O) groups is 2. The van der Waals surface area contributed by atoms with Gasteiger partial charge in [-0.1, -0.05) is 12.1 Å². The molecule has 0 bridgehead atoms. The number of hydrogen-bond donors (Lipinski definition) is 1. The summed E-state index contributed by atoms with van der Waals surface area (Å²) in [5.41, 5.74) is 1.75. The van der Waals surface area contributed by atoms with Crippen LogP contribution in [0.2, 0.25) is 0 Å². The highest BCUT2D eigenvalue weighted by molar-refractivity contribution is 5.77. The van der Waals surface area contributed by atoms with Gasteiger partial charge in [0.15, 0.2) is 0 Å². The van der Waals surface area contributed by atoms with Crippen LogP contribution < -0.4 is 15.0 Å². The first-order chi connectivity index (χ1) is 17.0. The number of piperazine rings is 1. The normalized spacial score (nSPS) is 15.6. The third kappa shape index (κ3) is 5.86. The SMILES string of the molecule is COC(=O)N1CCN(c2cc(C)nc(-n3ccnc3)n2)C(CC(=O)NCc2ccc(OC)cc2)C1. The Morgan fingerprint density at radius 3 is 2.63 bits per heavy atom. The second-order valence-corrected chi connectivity index (χ2v) is 8.23. The molecule has 1 fully saturated rings. The number of amides is 2. The minimum absolute atomic E-state index is 0.122. The van der Waals surface area contributed by atoms with Crippen molar-refractivity contribution in [1.82, 2.24) is 29.7 Å². The summed E-state index contributed by atoms with van der Waals surface area (Å²) in [4.78, 5) is 42.1. The molecule has 3 aromatic rings. The van der Waals surface area contributed by atoms with E-state index in [2.05, 4.69) is 20.2 Å². The third-order valence-electron chi connectivity index (χ3n) is 5.84. The monoisotopic (exact) mass is 479 g/mol. The van der Waals surface area contributed by atoms with E-state index in [0.717, 1.165) is 17.0 Å². The first-order valence-corrected chi connectivity index (χ1v) is 11.3. The molecular formula is C24H29N7O4. The van der Waals surface area contributed by atoms with E-state index in [9.17, 15) is 9.59 Å². The molecule has 0 spiro atoms. The van der Waals surface area contributed by atoms with Crippen molar-refractivity contribution in [3.8, 4) is 11.7 Å². The Kier molecular flexibility index (Phi) is 7.44. The first kappa shape index (κ1) is 24.0. The Bertz CT molecular complexity index is 1150. The third-order valence-corrected chi connectivity index (χ3v) is 5.84. The Morgan fingerprint density at radius 1 is 1.14 bits per heavy atom. The summed E-state index contributed by atoms with van der Waals surface area (Å²) in [5, 5.41) is 2.97. The summed E-state index contributed by atoms with van der Waals surface area (Å²) in [7, 11) is 2.97. The Balaban J connectivity index is 1.51. The number of aromatic nitrogens is 4. The fourth-order valence-corrected chi connectivity index (χ4v) is 4.03. The minimum atomic E-state index is -0.411. The molecule has 1 saturated heterocycles. The summed E-state index contributed by atoms with van der Waals surface area (Å²) in [5.74, 6) is 1.83. The number of nitrogens with one attached hydrogen (secondary N) is 1. The Morgan fingerprint density at radius 2 is 1.94 bits per heavy atom. The number of aryl methyl sites for hydroxylation is 1. The lowest BCUT2D eigenvalue weighted by atomic mass is 10.1. The van der Waals surface area contributed by atoms with E-state index in [0.29, 0.717) is 37.9 Å². The summed E-state index contributed by atoms with van der Waals surface area (Å²) < 4.78 is 11.8. The van der Waals surface area contributed by atoms with Crippen molar-refractivity contribution in [3.05, 3.63) is 60.3 Å². The van der Waals surface area contributed by atoms with E-state index >= 15 is 0 Å². The zero-order valence-corrected chi connectivity index (χ0v) is 20.0. The number of methoxy groups -OCH3 is 2. The lowest BCUT2D eigenvalue weighted by molar-refractivity contribution is -0.121. The van der Waals surface area contributed by atoms with Crippen LogP contribution in [0.3, 0.4) is 0 Å². The molecule has 1 aliphatic rings. The number of carbonyl (C=O) groups excluding carboxylic acids is 2. The molecule has 1 atom stereocenters. The van der Waals surface area contributed by atoms with Gasteiger partial charge in [0.2, 0.25) is 11.9 Å². The average Bonchev–Trinajstić information content (AvgIpc) is 3.42. The lowest BCUT2D eigenvalue weighted by Gasteiger charge is -2.41. The molecule has 1 N–H and O–H groups in total. The molecule has 0 aliphatic carbocycles. The zero-order valence-electron chi connectivity index (χ0n) is 20.0. The molecule has 1 aromatic carbocycles.